The number of ether oxygens (including phenoxy) is 1. The largest absolute Gasteiger partial charge is 0.481 e. The molecule has 9 N–H and O–H groups in total. The van der Waals surface area contributed by atoms with Crippen LogP contribution in [-0.2, 0) is 35.2 Å². The van der Waals surface area contributed by atoms with Crippen LogP contribution in [0.5, 0.6) is 5.75 Å². The number of carbonyl (C=O) groups is 6. The van der Waals surface area contributed by atoms with Crippen molar-refractivity contribution in [3.8, 4) is 5.75 Å². The lowest BCUT2D eigenvalue weighted by atomic mass is 9.88. The Morgan fingerprint density at radius 3 is 2.27 bits per heavy atom. The van der Waals surface area contributed by atoms with Crippen molar-refractivity contribution >= 4 is 53.1 Å². The van der Waals surface area contributed by atoms with Crippen molar-refractivity contribution in [2.75, 3.05) is 5.32 Å². The van der Waals surface area contributed by atoms with E-state index in [0.29, 0.717) is 11.3 Å². The molecule has 0 aromatic heterocycles. The van der Waals surface area contributed by atoms with Gasteiger partial charge in [-0.25, -0.2) is 14.4 Å². The fourth-order valence-electron chi connectivity index (χ4n) is 4.16. The maximum atomic E-state index is 12.8. The van der Waals surface area contributed by atoms with Crippen LogP contribution in [0.3, 0.4) is 0 Å². The van der Waals surface area contributed by atoms with Crippen LogP contribution >= 0.6 is 0 Å². The predicted molar refractivity (Wildman–Crippen MR) is 148 cm³/mol. The number of hydrogen-bond donors (Lipinski definition) is 8. The number of aliphatic carboxylic acids is 4. The molecule has 3 rings (SSSR count). The number of nitrogens with one attached hydrogen (secondary N) is 3. The molecule has 0 radical (unpaired) electrons. The van der Waals surface area contributed by atoms with Crippen LogP contribution in [0.15, 0.2) is 47.6 Å². The van der Waals surface area contributed by atoms with Gasteiger partial charge in [-0.05, 0) is 48.4 Å². The SMILES string of the molecule is N=C(N)Nc1ccc(C(=O)Oc2ccc(CCC(=O)N[C@@H](CC(=O)O)C(=O)O)c(C3=NOC(CC(=O)O)(C(=O)O)C3)c2)cc1. The minimum Gasteiger partial charge on any atom is -0.481 e. The van der Waals surface area contributed by atoms with Crippen LogP contribution < -0.4 is 21.1 Å². The number of nitrogens with zero attached hydrogens (tertiary/aromatic N) is 1. The summed E-state index contributed by atoms with van der Waals surface area (Å²) in [5.74, 6) is -7.92. The molecule has 17 heteroatoms. The summed E-state index contributed by atoms with van der Waals surface area (Å²) < 4.78 is 5.45. The summed E-state index contributed by atoms with van der Waals surface area (Å²) in [6.45, 7) is 0. The molecule has 2 aromatic carbocycles. The van der Waals surface area contributed by atoms with Crippen molar-refractivity contribution in [2.45, 2.75) is 43.7 Å². The molecule has 0 fully saturated rings. The molecule has 0 bridgehead atoms. The smallest absolute Gasteiger partial charge is 0.351 e. The Bertz CT molecular complexity index is 1540. The fraction of sp³-hybridized carbons (Fsp3) is 0.259. The van der Waals surface area contributed by atoms with Crippen molar-refractivity contribution in [2.24, 2.45) is 10.9 Å². The molecular formula is C27H27N5O12. The van der Waals surface area contributed by atoms with Gasteiger partial charge in [-0.15, -0.1) is 0 Å². The second-order valence-electron chi connectivity index (χ2n) is 9.56. The first-order chi connectivity index (χ1) is 20.7. The maximum absolute atomic E-state index is 12.8. The summed E-state index contributed by atoms with van der Waals surface area (Å²) in [4.78, 5) is 75.8. The van der Waals surface area contributed by atoms with Crippen molar-refractivity contribution < 1.29 is 58.8 Å². The Morgan fingerprint density at radius 2 is 1.70 bits per heavy atom. The predicted octanol–water partition coefficient (Wildman–Crippen LogP) is 0.610. The van der Waals surface area contributed by atoms with Gasteiger partial charge >= 0.3 is 29.8 Å². The van der Waals surface area contributed by atoms with Gasteiger partial charge < -0.3 is 46.4 Å². The number of carboxylic acid groups (broad SMARTS) is 4. The summed E-state index contributed by atoms with van der Waals surface area (Å²) in [7, 11) is 0. The third kappa shape index (κ3) is 8.51. The highest BCUT2D eigenvalue weighted by Crippen LogP contribution is 2.33. The van der Waals surface area contributed by atoms with E-state index in [-0.39, 0.29) is 41.4 Å². The van der Waals surface area contributed by atoms with Crippen LogP contribution in [0.25, 0.3) is 0 Å². The number of anilines is 1. The lowest BCUT2D eigenvalue weighted by Crippen LogP contribution is -2.42. The molecule has 2 atom stereocenters. The van der Waals surface area contributed by atoms with E-state index in [2.05, 4.69) is 15.8 Å². The lowest BCUT2D eigenvalue weighted by Gasteiger charge is -2.19. The standard InChI is InChI=1S/C27H27N5O12/c28-26(29)30-15-5-1-14(2-6-15)24(40)43-16-7-3-13(4-8-20(33)31-18(23(38)39)10-21(34)35)17(9-16)19-11-27(25(41)42,44-32-19)12-22(36)37/h1-3,5-7,9,18H,4,8,10-12H2,(H,31,33)(H,34,35)(H,36,37)(H,38,39)(H,41,42)(H4,28,29,30)/t18-,27?/m0/s1. The fourth-order valence-corrected chi connectivity index (χ4v) is 4.16. The van der Waals surface area contributed by atoms with Crippen LogP contribution in [0.1, 0.15) is 47.2 Å². The van der Waals surface area contributed by atoms with Gasteiger partial charge in [-0.3, -0.25) is 19.8 Å². The number of esters is 1. The second kappa shape index (κ2) is 13.8. The summed E-state index contributed by atoms with van der Waals surface area (Å²) in [5, 5.41) is 52.7. The number of hydrogen-bond acceptors (Lipinski definition) is 10. The van der Waals surface area contributed by atoms with E-state index in [1.54, 1.807) is 0 Å². The summed E-state index contributed by atoms with van der Waals surface area (Å²) in [6.07, 6.45) is -2.68. The van der Waals surface area contributed by atoms with E-state index in [9.17, 15) is 44.1 Å². The average molecular weight is 614 g/mol. The average Bonchev–Trinajstić information content (AvgIpc) is 3.36. The molecule has 2 aromatic rings. The van der Waals surface area contributed by atoms with E-state index in [0.717, 1.165) is 0 Å². The molecule has 1 unspecified atom stereocenters. The number of guanidine groups is 1. The number of carboxylic acids is 4. The zero-order valence-electron chi connectivity index (χ0n) is 22.7. The number of benzene rings is 2. The van der Waals surface area contributed by atoms with E-state index >= 15 is 0 Å². The maximum Gasteiger partial charge on any atom is 0.351 e. The van der Waals surface area contributed by atoms with Crippen molar-refractivity contribution in [3.05, 3.63) is 59.2 Å². The molecule has 0 spiro atoms. The van der Waals surface area contributed by atoms with Gasteiger partial charge in [0.2, 0.25) is 11.5 Å². The van der Waals surface area contributed by atoms with Crippen LogP contribution in [0.4, 0.5) is 5.69 Å². The van der Waals surface area contributed by atoms with Crippen molar-refractivity contribution in [3.63, 3.8) is 0 Å². The minimum atomic E-state index is -2.22. The molecule has 1 aliphatic heterocycles. The number of amides is 1. The molecular weight excluding hydrogens is 586 g/mol. The molecule has 0 saturated carbocycles. The van der Waals surface area contributed by atoms with E-state index in [1.807, 2.05) is 0 Å². The highest BCUT2D eigenvalue weighted by Gasteiger charge is 2.49. The van der Waals surface area contributed by atoms with E-state index in [4.69, 9.17) is 25.8 Å². The molecule has 1 aliphatic rings. The first-order valence-electron chi connectivity index (χ1n) is 12.7. The number of aryl methyl sites for hydroxylation is 1. The first-order valence-corrected chi connectivity index (χ1v) is 12.7. The normalized spacial score (nSPS) is 16.0. The van der Waals surface area contributed by atoms with Gasteiger partial charge in [0.15, 0.2) is 5.96 Å². The van der Waals surface area contributed by atoms with Gasteiger partial charge in [-0.2, -0.15) is 0 Å². The molecule has 0 saturated heterocycles. The molecule has 1 amide bonds. The Balaban J connectivity index is 1.87. The van der Waals surface area contributed by atoms with E-state index < -0.39 is 66.7 Å². The lowest BCUT2D eigenvalue weighted by molar-refractivity contribution is -0.169. The Kier molecular flexibility index (Phi) is 10.2. The van der Waals surface area contributed by atoms with Gasteiger partial charge in [0.25, 0.3) is 0 Å². The summed E-state index contributed by atoms with van der Waals surface area (Å²) in [6, 6.07) is 8.27. The number of rotatable bonds is 14. The van der Waals surface area contributed by atoms with Gasteiger partial charge in [0.05, 0.1) is 24.1 Å². The van der Waals surface area contributed by atoms with Crippen molar-refractivity contribution in [1.29, 1.82) is 5.41 Å². The van der Waals surface area contributed by atoms with Gasteiger partial charge in [0.1, 0.15) is 11.8 Å². The third-order valence-electron chi connectivity index (χ3n) is 6.25. The van der Waals surface area contributed by atoms with Crippen molar-refractivity contribution in [1.82, 2.24) is 5.32 Å². The van der Waals surface area contributed by atoms with Gasteiger partial charge in [-0.1, -0.05) is 11.2 Å². The monoisotopic (exact) mass is 613 g/mol. The zero-order valence-corrected chi connectivity index (χ0v) is 22.7. The highest BCUT2D eigenvalue weighted by molar-refractivity contribution is 6.07. The number of oxime groups is 1. The molecule has 44 heavy (non-hydrogen) atoms. The van der Waals surface area contributed by atoms with E-state index in [1.165, 1.54) is 42.5 Å². The Labute approximate surface area is 247 Å². The number of carbonyl (C=O) groups excluding carboxylic acids is 2. The zero-order chi connectivity index (χ0) is 32.6. The molecule has 17 nitrogen and oxygen atoms in total. The summed E-state index contributed by atoms with van der Waals surface area (Å²) >= 11 is 0. The van der Waals surface area contributed by atoms with Gasteiger partial charge in [0, 0.05) is 24.1 Å². The minimum absolute atomic E-state index is 0.0177. The number of nitrogens with two attached hydrogens (primary N) is 1. The highest BCUT2D eigenvalue weighted by atomic mass is 16.7. The molecule has 232 valence electrons. The first kappa shape index (κ1) is 32.5. The molecule has 0 aliphatic carbocycles. The van der Waals surface area contributed by atoms with Crippen LogP contribution in [0.2, 0.25) is 0 Å². The quantitative estimate of drug-likeness (QED) is 0.0627. The Morgan fingerprint density at radius 1 is 1.02 bits per heavy atom. The topological polar surface area (TPSA) is 288 Å². The Hall–Kier alpha value is -6.00. The third-order valence-corrected chi connectivity index (χ3v) is 6.25. The molecule has 1 heterocycles. The van der Waals surface area contributed by atoms with Crippen LogP contribution in [-0.4, -0.2) is 79.5 Å². The summed E-state index contributed by atoms with van der Waals surface area (Å²) in [5.41, 5.74) is 4.14. The van der Waals surface area contributed by atoms with Crippen LogP contribution in [0, 0.1) is 5.41 Å². The second-order valence-corrected chi connectivity index (χ2v) is 9.56.